The van der Waals surface area contributed by atoms with E-state index in [1.165, 1.54) is 0 Å². The molecule has 75 valence electrons. The van der Waals surface area contributed by atoms with Crippen LogP contribution in [0.25, 0.3) is 0 Å². The molecule has 0 spiro atoms. The zero-order valence-electron chi connectivity index (χ0n) is 8.73. The Kier molecular flexibility index (Phi) is 3.78. The Labute approximate surface area is 92.0 Å². The van der Waals surface area contributed by atoms with Gasteiger partial charge in [-0.3, -0.25) is 0 Å². The quantitative estimate of drug-likeness (QED) is 0.561. The minimum absolute atomic E-state index is 0.582. The number of hydrogen-bond donors (Lipinski definition) is 0. The molecular weight excluding hydrogens is 212 g/mol. The predicted octanol–water partition coefficient (Wildman–Crippen LogP) is 3.83. The molecule has 0 saturated heterocycles. The molecule has 0 aromatic heterocycles. The van der Waals surface area contributed by atoms with Gasteiger partial charge in [-0.25, -0.2) is 0 Å². The highest BCUT2D eigenvalue weighted by Crippen LogP contribution is 2.22. The molecule has 3 heteroatoms. The Hall–Kier alpha value is -0.733. The van der Waals surface area contributed by atoms with Crippen LogP contribution in [-0.4, -0.2) is 8.80 Å². The minimum atomic E-state index is -0.582. The van der Waals surface area contributed by atoms with E-state index < -0.39 is 8.80 Å². The van der Waals surface area contributed by atoms with Crippen molar-refractivity contribution in [3.05, 3.63) is 40.7 Å². The van der Waals surface area contributed by atoms with Gasteiger partial charge in [0.05, 0.1) is 5.38 Å². The van der Waals surface area contributed by atoms with Crippen LogP contribution in [0.2, 0.25) is 18.1 Å². The van der Waals surface area contributed by atoms with Gasteiger partial charge in [0.25, 0.3) is 0 Å². The molecule has 0 aliphatic rings. The van der Waals surface area contributed by atoms with Crippen LogP contribution in [0.5, 0.6) is 5.75 Å². The summed E-state index contributed by atoms with van der Waals surface area (Å²) >= 11 is 5.91. The Balaban J connectivity index is 2.78. The first-order valence-electron chi connectivity index (χ1n) is 4.44. The summed E-state index contributed by atoms with van der Waals surface area (Å²) in [6.07, 6.45) is 0. The molecule has 1 aromatic rings. The molecule has 1 aromatic carbocycles. The summed E-state index contributed by atoms with van der Waals surface area (Å²) in [5, 5.41) is 1.64. The van der Waals surface area contributed by atoms with Crippen molar-refractivity contribution in [1.29, 1.82) is 0 Å². The number of aryl methyl sites for hydroxylation is 1. The van der Waals surface area contributed by atoms with Crippen LogP contribution in [0.15, 0.2) is 30.2 Å². The van der Waals surface area contributed by atoms with Gasteiger partial charge < -0.3 is 4.74 Å². The Morgan fingerprint density at radius 3 is 2.57 bits per heavy atom. The monoisotopic (exact) mass is 225 g/mol. The molecule has 0 unspecified atom stereocenters. The summed E-state index contributed by atoms with van der Waals surface area (Å²) in [5.74, 6) is 0.822. The molecule has 0 atom stereocenters. The molecule has 0 heterocycles. The molecule has 0 aliphatic heterocycles. The minimum Gasteiger partial charge on any atom is -0.468 e. The highest BCUT2D eigenvalue weighted by atomic mass is 35.5. The average molecular weight is 226 g/mol. The van der Waals surface area contributed by atoms with E-state index in [0.29, 0.717) is 0 Å². The number of rotatable bonds is 3. The number of hydrogen-bond acceptors (Lipinski definition) is 1. The SMILES string of the molecule is C=C(Oc1ccc(Cl)c(C)c1)[Si](C)C. The van der Waals surface area contributed by atoms with E-state index in [4.69, 9.17) is 16.3 Å². The van der Waals surface area contributed by atoms with Gasteiger partial charge in [0, 0.05) is 5.02 Å². The zero-order chi connectivity index (χ0) is 10.7. The smallest absolute Gasteiger partial charge is 0.127 e. The Morgan fingerprint density at radius 2 is 2.07 bits per heavy atom. The number of benzene rings is 1. The lowest BCUT2D eigenvalue weighted by molar-refractivity contribution is 0.460. The largest absolute Gasteiger partial charge is 0.468 e. The Bertz CT molecular complexity index is 347. The van der Waals surface area contributed by atoms with Crippen LogP contribution in [0.3, 0.4) is 0 Å². The van der Waals surface area contributed by atoms with Crippen molar-refractivity contribution in [2.45, 2.75) is 20.0 Å². The van der Waals surface area contributed by atoms with Crippen LogP contribution in [0.1, 0.15) is 5.56 Å². The van der Waals surface area contributed by atoms with Gasteiger partial charge in [0.15, 0.2) is 0 Å². The maximum Gasteiger partial charge on any atom is 0.127 e. The van der Waals surface area contributed by atoms with E-state index in [1.807, 2.05) is 25.1 Å². The summed E-state index contributed by atoms with van der Waals surface area (Å²) in [6.45, 7) is 10.1. The first kappa shape index (κ1) is 11.3. The number of halogens is 1. The fraction of sp³-hybridized carbons (Fsp3) is 0.273. The van der Waals surface area contributed by atoms with Gasteiger partial charge in [-0.2, -0.15) is 0 Å². The average Bonchev–Trinajstić information content (AvgIpc) is 2.11. The highest BCUT2D eigenvalue weighted by molar-refractivity contribution is 6.63. The third-order valence-electron chi connectivity index (χ3n) is 1.93. The van der Waals surface area contributed by atoms with E-state index in [9.17, 15) is 0 Å². The third kappa shape index (κ3) is 2.89. The number of ether oxygens (including phenoxy) is 1. The normalized spacial score (nSPS) is 10.4. The molecule has 1 nitrogen and oxygen atoms in total. The molecule has 14 heavy (non-hydrogen) atoms. The second-order valence-electron chi connectivity index (χ2n) is 3.44. The van der Waals surface area contributed by atoms with Crippen LogP contribution in [0, 0.1) is 6.92 Å². The van der Waals surface area contributed by atoms with Gasteiger partial charge in [-0.1, -0.05) is 31.3 Å². The predicted molar refractivity (Wildman–Crippen MR) is 63.4 cm³/mol. The van der Waals surface area contributed by atoms with E-state index in [1.54, 1.807) is 0 Å². The summed E-state index contributed by atoms with van der Waals surface area (Å²) in [6, 6.07) is 5.64. The van der Waals surface area contributed by atoms with Crippen LogP contribution < -0.4 is 4.74 Å². The van der Waals surface area contributed by atoms with Crippen molar-refractivity contribution in [2.75, 3.05) is 0 Å². The maximum atomic E-state index is 5.91. The highest BCUT2D eigenvalue weighted by Gasteiger charge is 2.05. The molecule has 0 saturated carbocycles. The van der Waals surface area contributed by atoms with Crippen molar-refractivity contribution in [3.63, 3.8) is 0 Å². The van der Waals surface area contributed by atoms with Crippen molar-refractivity contribution < 1.29 is 4.74 Å². The van der Waals surface area contributed by atoms with Gasteiger partial charge in [-0.15, -0.1) is 0 Å². The summed E-state index contributed by atoms with van der Waals surface area (Å²) < 4.78 is 5.60. The molecule has 1 rings (SSSR count). The maximum absolute atomic E-state index is 5.91. The topological polar surface area (TPSA) is 9.23 Å². The van der Waals surface area contributed by atoms with Crippen molar-refractivity contribution in [1.82, 2.24) is 0 Å². The molecular formula is C11H14ClOSi. The fourth-order valence-corrected chi connectivity index (χ4v) is 1.36. The second-order valence-corrected chi connectivity index (χ2v) is 6.40. The van der Waals surface area contributed by atoms with Crippen molar-refractivity contribution >= 4 is 20.4 Å². The first-order valence-corrected chi connectivity index (χ1v) is 7.32. The molecule has 0 aliphatic carbocycles. The van der Waals surface area contributed by atoms with Gasteiger partial charge in [0.1, 0.15) is 14.5 Å². The van der Waals surface area contributed by atoms with Gasteiger partial charge in [-0.05, 0) is 30.7 Å². The van der Waals surface area contributed by atoms with Crippen LogP contribution in [0.4, 0.5) is 0 Å². The van der Waals surface area contributed by atoms with Crippen LogP contribution in [-0.2, 0) is 0 Å². The summed E-state index contributed by atoms with van der Waals surface area (Å²) in [5.41, 5.74) is 1.03. The van der Waals surface area contributed by atoms with E-state index in [0.717, 1.165) is 21.7 Å². The summed E-state index contributed by atoms with van der Waals surface area (Å²) in [7, 11) is -0.582. The second kappa shape index (κ2) is 4.67. The molecule has 0 bridgehead atoms. The molecule has 0 fully saturated rings. The van der Waals surface area contributed by atoms with E-state index >= 15 is 0 Å². The zero-order valence-corrected chi connectivity index (χ0v) is 10.5. The lowest BCUT2D eigenvalue weighted by Gasteiger charge is -2.11. The van der Waals surface area contributed by atoms with Crippen LogP contribution >= 0.6 is 11.6 Å². The van der Waals surface area contributed by atoms with E-state index in [-0.39, 0.29) is 0 Å². The van der Waals surface area contributed by atoms with Crippen molar-refractivity contribution in [3.8, 4) is 5.75 Å². The lowest BCUT2D eigenvalue weighted by atomic mass is 10.2. The van der Waals surface area contributed by atoms with E-state index in [2.05, 4.69) is 19.7 Å². The lowest BCUT2D eigenvalue weighted by Crippen LogP contribution is -2.10. The third-order valence-corrected chi connectivity index (χ3v) is 3.57. The Morgan fingerprint density at radius 1 is 1.43 bits per heavy atom. The molecule has 1 radical (unpaired) electrons. The van der Waals surface area contributed by atoms with Gasteiger partial charge >= 0.3 is 0 Å². The standard InChI is InChI=1S/C11H14ClOSi/c1-8-7-10(5-6-11(8)12)13-9(2)14(3)4/h5-7H,2H2,1,3-4H3. The summed E-state index contributed by atoms with van der Waals surface area (Å²) in [4.78, 5) is 0. The van der Waals surface area contributed by atoms with Crippen molar-refractivity contribution in [2.24, 2.45) is 0 Å². The fourth-order valence-electron chi connectivity index (χ4n) is 0.925. The molecule has 0 amide bonds. The first-order chi connectivity index (χ1) is 6.50. The van der Waals surface area contributed by atoms with Gasteiger partial charge in [0.2, 0.25) is 0 Å². The molecule has 0 N–H and O–H groups in total.